The minimum Gasteiger partial charge on any atom is -0.369 e. The number of hydrogen-bond acceptors (Lipinski definition) is 5. The van der Waals surface area contributed by atoms with E-state index in [4.69, 9.17) is 5.73 Å². The van der Waals surface area contributed by atoms with Gasteiger partial charge in [-0.15, -0.1) is 0 Å². The summed E-state index contributed by atoms with van der Waals surface area (Å²) in [5.74, 6) is 0.612. The van der Waals surface area contributed by atoms with Crippen molar-refractivity contribution in [3.8, 4) is 0 Å². The molecule has 5 nitrogen and oxygen atoms in total. The van der Waals surface area contributed by atoms with E-state index < -0.39 is 0 Å². The highest BCUT2D eigenvalue weighted by Crippen LogP contribution is 2.22. The molecule has 1 aromatic rings. The molecule has 2 N–H and O–H groups in total. The molecule has 0 saturated carbocycles. The summed E-state index contributed by atoms with van der Waals surface area (Å²) in [6.45, 7) is 1.59. The Kier molecular flexibility index (Phi) is 3.83. The van der Waals surface area contributed by atoms with Crippen molar-refractivity contribution in [2.75, 3.05) is 24.2 Å². The minimum absolute atomic E-state index is 0.0588. The summed E-state index contributed by atoms with van der Waals surface area (Å²) in [5.41, 5.74) is 5.36. The van der Waals surface area contributed by atoms with Crippen molar-refractivity contribution in [3.63, 3.8) is 0 Å². The molecule has 1 atom stereocenters. The topological polar surface area (TPSA) is 72.1 Å². The SMILES string of the molecule is CSc1nccc(N2CCCC(C(N)=O)C2)n1. The Morgan fingerprint density at radius 1 is 1.65 bits per heavy atom. The van der Waals surface area contributed by atoms with E-state index in [-0.39, 0.29) is 11.8 Å². The lowest BCUT2D eigenvalue weighted by Crippen LogP contribution is -2.41. The fourth-order valence-electron chi connectivity index (χ4n) is 2.02. The Labute approximate surface area is 105 Å². The Morgan fingerprint density at radius 3 is 3.18 bits per heavy atom. The van der Waals surface area contributed by atoms with Crippen molar-refractivity contribution in [2.24, 2.45) is 11.7 Å². The van der Waals surface area contributed by atoms with E-state index in [1.165, 1.54) is 11.8 Å². The fourth-order valence-corrected chi connectivity index (χ4v) is 2.37. The first kappa shape index (κ1) is 12.2. The lowest BCUT2D eigenvalue weighted by atomic mass is 9.97. The first-order chi connectivity index (χ1) is 8.20. The van der Waals surface area contributed by atoms with Crippen molar-refractivity contribution in [1.29, 1.82) is 0 Å². The van der Waals surface area contributed by atoms with Gasteiger partial charge in [-0.2, -0.15) is 0 Å². The van der Waals surface area contributed by atoms with Gasteiger partial charge in [-0.1, -0.05) is 11.8 Å². The smallest absolute Gasteiger partial charge is 0.222 e. The first-order valence-electron chi connectivity index (χ1n) is 5.62. The molecule has 0 spiro atoms. The number of nitrogens with two attached hydrogens (primary N) is 1. The molecule has 0 radical (unpaired) electrons. The van der Waals surface area contributed by atoms with Gasteiger partial charge in [0.25, 0.3) is 0 Å². The van der Waals surface area contributed by atoms with Crippen LogP contribution in [0.4, 0.5) is 5.82 Å². The zero-order valence-electron chi connectivity index (χ0n) is 9.80. The Balaban J connectivity index is 2.13. The maximum absolute atomic E-state index is 11.2. The van der Waals surface area contributed by atoms with Gasteiger partial charge in [0.1, 0.15) is 5.82 Å². The van der Waals surface area contributed by atoms with Crippen LogP contribution in [0.2, 0.25) is 0 Å². The molecule has 1 unspecified atom stereocenters. The second kappa shape index (κ2) is 5.35. The second-order valence-electron chi connectivity index (χ2n) is 4.09. The quantitative estimate of drug-likeness (QED) is 0.639. The van der Waals surface area contributed by atoms with Crippen LogP contribution in [-0.4, -0.2) is 35.2 Å². The molecule has 1 aliphatic heterocycles. The molecule has 17 heavy (non-hydrogen) atoms. The fraction of sp³-hybridized carbons (Fsp3) is 0.545. The highest BCUT2D eigenvalue weighted by Gasteiger charge is 2.24. The minimum atomic E-state index is -0.214. The van der Waals surface area contributed by atoms with Gasteiger partial charge < -0.3 is 10.6 Å². The molecular formula is C11H16N4OS. The van der Waals surface area contributed by atoms with Crippen molar-refractivity contribution >= 4 is 23.5 Å². The van der Waals surface area contributed by atoms with Gasteiger partial charge in [0, 0.05) is 19.3 Å². The number of aromatic nitrogens is 2. The standard InChI is InChI=1S/C11H16N4OS/c1-17-11-13-5-4-9(14-11)15-6-2-3-8(7-15)10(12)16/h4-5,8H,2-3,6-7H2,1H3,(H2,12,16). The second-order valence-corrected chi connectivity index (χ2v) is 4.86. The van der Waals surface area contributed by atoms with Crippen molar-refractivity contribution in [1.82, 2.24) is 9.97 Å². The molecule has 1 aromatic heterocycles. The molecule has 1 fully saturated rings. The first-order valence-corrected chi connectivity index (χ1v) is 6.84. The number of thioether (sulfide) groups is 1. The lowest BCUT2D eigenvalue weighted by molar-refractivity contribution is -0.122. The van der Waals surface area contributed by atoms with Crippen LogP contribution < -0.4 is 10.6 Å². The molecule has 2 heterocycles. The van der Waals surface area contributed by atoms with Crippen LogP contribution >= 0.6 is 11.8 Å². The average molecular weight is 252 g/mol. The third-order valence-electron chi connectivity index (χ3n) is 2.95. The summed E-state index contributed by atoms with van der Waals surface area (Å²) in [6.07, 6.45) is 5.56. The Bertz CT molecular complexity index is 412. The zero-order valence-corrected chi connectivity index (χ0v) is 10.6. The number of piperidine rings is 1. The van der Waals surface area contributed by atoms with Gasteiger partial charge in [-0.3, -0.25) is 4.79 Å². The molecule has 0 aliphatic carbocycles. The molecule has 1 amide bonds. The molecule has 6 heteroatoms. The summed E-state index contributed by atoms with van der Waals surface area (Å²) >= 11 is 1.51. The van der Waals surface area contributed by atoms with Gasteiger partial charge in [-0.05, 0) is 25.2 Å². The molecule has 92 valence electrons. The van der Waals surface area contributed by atoms with E-state index in [1.807, 2.05) is 12.3 Å². The number of anilines is 1. The molecule has 1 saturated heterocycles. The third-order valence-corrected chi connectivity index (χ3v) is 3.51. The van der Waals surface area contributed by atoms with Gasteiger partial charge in [-0.25, -0.2) is 9.97 Å². The van der Waals surface area contributed by atoms with E-state index in [1.54, 1.807) is 6.20 Å². The van der Waals surface area contributed by atoms with E-state index in [2.05, 4.69) is 14.9 Å². The predicted octanol–water partition coefficient (Wildman–Crippen LogP) is 0.900. The van der Waals surface area contributed by atoms with Crippen LogP contribution in [-0.2, 0) is 4.79 Å². The highest BCUT2D eigenvalue weighted by atomic mass is 32.2. The van der Waals surface area contributed by atoms with Crippen LogP contribution in [0.25, 0.3) is 0 Å². The largest absolute Gasteiger partial charge is 0.369 e. The Morgan fingerprint density at radius 2 is 2.47 bits per heavy atom. The number of carbonyl (C=O) groups excluding carboxylic acids is 1. The average Bonchev–Trinajstić information content (AvgIpc) is 2.39. The van der Waals surface area contributed by atoms with E-state index in [9.17, 15) is 4.79 Å². The zero-order chi connectivity index (χ0) is 12.3. The Hall–Kier alpha value is -1.30. The van der Waals surface area contributed by atoms with E-state index in [0.29, 0.717) is 6.54 Å². The van der Waals surface area contributed by atoms with Gasteiger partial charge in [0.05, 0.1) is 5.92 Å². The van der Waals surface area contributed by atoms with Gasteiger partial charge in [0.15, 0.2) is 5.16 Å². The third kappa shape index (κ3) is 2.88. The number of primary amides is 1. The summed E-state index contributed by atoms with van der Waals surface area (Å²) in [6, 6.07) is 1.88. The van der Waals surface area contributed by atoms with Crippen molar-refractivity contribution < 1.29 is 4.79 Å². The van der Waals surface area contributed by atoms with Crippen LogP contribution in [0, 0.1) is 5.92 Å². The maximum atomic E-state index is 11.2. The number of nitrogens with zero attached hydrogens (tertiary/aromatic N) is 3. The normalized spacial score (nSPS) is 20.3. The number of rotatable bonds is 3. The summed E-state index contributed by atoms with van der Waals surface area (Å²) in [4.78, 5) is 21.9. The predicted molar refractivity (Wildman–Crippen MR) is 67.9 cm³/mol. The van der Waals surface area contributed by atoms with E-state index in [0.717, 1.165) is 30.4 Å². The summed E-state index contributed by atoms with van der Waals surface area (Å²) in [7, 11) is 0. The van der Waals surface area contributed by atoms with E-state index >= 15 is 0 Å². The number of hydrogen-bond donors (Lipinski definition) is 1. The van der Waals surface area contributed by atoms with Crippen molar-refractivity contribution in [2.45, 2.75) is 18.0 Å². The number of amides is 1. The highest BCUT2D eigenvalue weighted by molar-refractivity contribution is 7.98. The monoisotopic (exact) mass is 252 g/mol. The van der Waals surface area contributed by atoms with Crippen LogP contribution in [0.3, 0.4) is 0 Å². The molecule has 0 bridgehead atoms. The molecule has 2 rings (SSSR count). The van der Waals surface area contributed by atoms with Crippen LogP contribution in [0.5, 0.6) is 0 Å². The van der Waals surface area contributed by atoms with Gasteiger partial charge >= 0.3 is 0 Å². The van der Waals surface area contributed by atoms with Gasteiger partial charge in [0.2, 0.25) is 5.91 Å². The number of carbonyl (C=O) groups is 1. The summed E-state index contributed by atoms with van der Waals surface area (Å²) < 4.78 is 0. The van der Waals surface area contributed by atoms with Crippen molar-refractivity contribution in [3.05, 3.63) is 12.3 Å². The lowest BCUT2D eigenvalue weighted by Gasteiger charge is -2.32. The molecule has 1 aliphatic rings. The molecule has 0 aromatic carbocycles. The summed E-state index contributed by atoms with van der Waals surface area (Å²) in [5, 5.41) is 0.753. The van der Waals surface area contributed by atoms with Crippen LogP contribution in [0.1, 0.15) is 12.8 Å². The molecular weight excluding hydrogens is 236 g/mol. The maximum Gasteiger partial charge on any atom is 0.222 e. The van der Waals surface area contributed by atoms with Crippen LogP contribution in [0.15, 0.2) is 17.4 Å².